The summed E-state index contributed by atoms with van der Waals surface area (Å²) in [5.41, 5.74) is 4.27. The number of para-hydroxylation sites is 1. The highest BCUT2D eigenvalue weighted by molar-refractivity contribution is 7.52. The van der Waals surface area contributed by atoms with E-state index in [1.54, 1.807) is 32.0 Å². The Morgan fingerprint density at radius 1 is 1.31 bits per heavy atom. The van der Waals surface area contributed by atoms with E-state index < -0.39 is 62.5 Å². The van der Waals surface area contributed by atoms with Crippen LogP contribution in [0.25, 0.3) is 0 Å². The van der Waals surface area contributed by atoms with E-state index in [1.165, 1.54) is 19.1 Å². The van der Waals surface area contributed by atoms with Crippen molar-refractivity contribution in [2.75, 3.05) is 12.3 Å². The molecular weight excluding hydrogens is 505 g/mol. The molecule has 1 aromatic carbocycles. The Morgan fingerprint density at radius 2 is 1.97 bits per heavy atom. The molecule has 5 atom stereocenters. The van der Waals surface area contributed by atoms with Crippen molar-refractivity contribution in [3.8, 4) is 5.75 Å². The largest absolute Gasteiger partial charge is 0.462 e. The Bertz CT molecular complexity index is 1170. The standard InChI is InChI=1S/C21H27F2N4O8P/c1-12(2)33-18(29)13(3)26-36(31,35-14-7-5-4-6-8-14)32-11-15-17(28)21(22,23)19(34-15)27-10-9-16(24)25-20(27)30/h4-10,12-13,15,17,19,28H,11H2,1-3H3,(H,26,31)(H2,24,25,30)/t13-,15+,17?,19+,36-/m0/s1. The molecule has 1 aliphatic heterocycles. The third-order valence-corrected chi connectivity index (χ3v) is 6.56. The first-order valence-corrected chi connectivity index (χ1v) is 12.4. The number of hydrogen-bond donors (Lipinski definition) is 3. The molecule has 0 saturated carbocycles. The van der Waals surface area contributed by atoms with Gasteiger partial charge in [-0.1, -0.05) is 18.2 Å². The van der Waals surface area contributed by atoms with Crippen LogP contribution in [0.15, 0.2) is 47.4 Å². The highest BCUT2D eigenvalue weighted by Crippen LogP contribution is 2.48. The fourth-order valence-electron chi connectivity index (χ4n) is 3.22. The number of carbonyl (C=O) groups is 1. The Balaban J connectivity index is 1.79. The number of nitrogens with one attached hydrogen (secondary N) is 1. The molecule has 0 amide bonds. The van der Waals surface area contributed by atoms with Crippen LogP contribution >= 0.6 is 7.75 Å². The molecule has 1 aliphatic rings. The molecule has 36 heavy (non-hydrogen) atoms. The number of hydrogen-bond acceptors (Lipinski definition) is 10. The number of carbonyl (C=O) groups excluding carboxylic acids is 1. The molecule has 198 valence electrons. The Kier molecular flexibility index (Phi) is 8.47. The molecule has 15 heteroatoms. The lowest BCUT2D eigenvalue weighted by molar-refractivity contribution is -0.149. The smallest absolute Gasteiger partial charge is 0.459 e. The number of esters is 1. The van der Waals surface area contributed by atoms with E-state index in [4.69, 9.17) is 24.3 Å². The zero-order chi connectivity index (χ0) is 26.7. The van der Waals surface area contributed by atoms with Gasteiger partial charge in [-0.2, -0.15) is 18.9 Å². The molecule has 2 aromatic rings. The van der Waals surface area contributed by atoms with Gasteiger partial charge in [-0.05, 0) is 39.0 Å². The number of anilines is 1. The number of alkyl halides is 2. The van der Waals surface area contributed by atoms with Crippen LogP contribution < -0.4 is 21.0 Å². The summed E-state index contributed by atoms with van der Waals surface area (Å²) in [5, 5.41) is 12.6. The van der Waals surface area contributed by atoms with Gasteiger partial charge < -0.3 is 24.8 Å². The number of benzene rings is 1. The van der Waals surface area contributed by atoms with E-state index in [-0.39, 0.29) is 11.6 Å². The monoisotopic (exact) mass is 532 g/mol. The van der Waals surface area contributed by atoms with Crippen LogP contribution in [0.5, 0.6) is 5.75 Å². The van der Waals surface area contributed by atoms with E-state index in [1.807, 2.05) is 0 Å². The number of nitrogen functional groups attached to an aromatic ring is 1. The molecule has 12 nitrogen and oxygen atoms in total. The SMILES string of the molecule is CC(C)OC(=O)[C@H](C)N[P@](=O)(OC[C@H]1O[C@@H](n2ccc(N)nc2=O)C(F)(F)C1O)Oc1ccccc1. The Hall–Kier alpha value is -2.90. The third-order valence-electron chi connectivity index (χ3n) is 4.92. The predicted octanol–water partition coefficient (Wildman–Crippen LogP) is 1.85. The average Bonchev–Trinajstić information content (AvgIpc) is 3.01. The second kappa shape index (κ2) is 11.0. The first-order chi connectivity index (χ1) is 16.8. The molecule has 1 aromatic heterocycles. The number of nitrogens with zero attached hydrogens (tertiary/aromatic N) is 2. The minimum Gasteiger partial charge on any atom is -0.462 e. The number of halogens is 2. The van der Waals surface area contributed by atoms with Gasteiger partial charge >= 0.3 is 25.3 Å². The zero-order valence-electron chi connectivity index (χ0n) is 19.6. The zero-order valence-corrected chi connectivity index (χ0v) is 20.5. The van der Waals surface area contributed by atoms with Crippen LogP contribution in [-0.4, -0.2) is 57.5 Å². The number of aliphatic hydroxyl groups is 1. The van der Waals surface area contributed by atoms with Crippen LogP contribution in [0.4, 0.5) is 14.6 Å². The minimum absolute atomic E-state index is 0.0911. The van der Waals surface area contributed by atoms with Gasteiger partial charge in [0.05, 0.1) is 12.7 Å². The van der Waals surface area contributed by atoms with Gasteiger partial charge in [0.25, 0.3) is 0 Å². The fraction of sp³-hybridized carbons (Fsp3) is 0.476. The van der Waals surface area contributed by atoms with Gasteiger partial charge in [-0.15, -0.1) is 0 Å². The fourth-order valence-corrected chi connectivity index (χ4v) is 4.72. The van der Waals surface area contributed by atoms with Crippen molar-refractivity contribution in [3.05, 3.63) is 53.1 Å². The van der Waals surface area contributed by atoms with E-state index in [0.717, 1.165) is 12.3 Å². The molecule has 1 unspecified atom stereocenters. The van der Waals surface area contributed by atoms with Crippen LogP contribution in [0.1, 0.15) is 27.0 Å². The lowest BCUT2D eigenvalue weighted by Crippen LogP contribution is -2.42. The molecule has 0 bridgehead atoms. The Morgan fingerprint density at radius 3 is 2.58 bits per heavy atom. The average molecular weight is 532 g/mol. The predicted molar refractivity (Wildman–Crippen MR) is 122 cm³/mol. The summed E-state index contributed by atoms with van der Waals surface area (Å²) < 4.78 is 64.6. The molecule has 2 heterocycles. The molecule has 4 N–H and O–H groups in total. The maximum Gasteiger partial charge on any atom is 0.459 e. The maximum atomic E-state index is 14.8. The highest BCUT2D eigenvalue weighted by Gasteiger charge is 2.60. The number of aromatic nitrogens is 2. The highest BCUT2D eigenvalue weighted by atomic mass is 31.2. The van der Waals surface area contributed by atoms with Gasteiger partial charge in [-0.3, -0.25) is 13.9 Å². The van der Waals surface area contributed by atoms with Crippen LogP contribution in [0, 0.1) is 0 Å². The van der Waals surface area contributed by atoms with Gasteiger partial charge in [0.1, 0.15) is 23.7 Å². The summed E-state index contributed by atoms with van der Waals surface area (Å²) >= 11 is 0. The Labute approximate surface area is 204 Å². The normalized spacial score (nSPS) is 23.7. The van der Waals surface area contributed by atoms with Gasteiger partial charge in [0.2, 0.25) is 6.23 Å². The topological polar surface area (TPSA) is 164 Å². The van der Waals surface area contributed by atoms with Crippen LogP contribution in [0.2, 0.25) is 0 Å². The summed E-state index contributed by atoms with van der Waals surface area (Å²) in [5.74, 6) is -4.80. The summed E-state index contributed by atoms with van der Waals surface area (Å²) in [7, 11) is -4.41. The van der Waals surface area contributed by atoms with E-state index >= 15 is 0 Å². The molecular formula is C21H27F2N4O8P. The minimum atomic E-state index is -4.41. The van der Waals surface area contributed by atoms with Gasteiger partial charge in [0.15, 0.2) is 6.10 Å². The van der Waals surface area contributed by atoms with Gasteiger partial charge in [0, 0.05) is 6.20 Å². The molecule has 0 radical (unpaired) electrons. The van der Waals surface area contributed by atoms with E-state index in [9.17, 15) is 28.0 Å². The number of aliphatic hydroxyl groups excluding tert-OH is 1. The second-order valence-electron chi connectivity index (χ2n) is 8.22. The third kappa shape index (κ3) is 6.45. The van der Waals surface area contributed by atoms with Crippen molar-refractivity contribution >= 4 is 19.5 Å². The van der Waals surface area contributed by atoms with Crippen molar-refractivity contribution < 1.29 is 41.8 Å². The van der Waals surface area contributed by atoms with E-state index in [2.05, 4.69) is 10.1 Å². The maximum absolute atomic E-state index is 14.8. The van der Waals surface area contributed by atoms with Crippen molar-refractivity contribution in [2.24, 2.45) is 0 Å². The van der Waals surface area contributed by atoms with Crippen molar-refractivity contribution in [2.45, 2.75) is 57.3 Å². The van der Waals surface area contributed by atoms with E-state index in [0.29, 0.717) is 4.57 Å². The lowest BCUT2D eigenvalue weighted by atomic mass is 10.1. The summed E-state index contributed by atoms with van der Waals surface area (Å²) in [6, 6.07) is 7.70. The quantitative estimate of drug-likeness (QED) is 0.302. The molecule has 0 aliphatic carbocycles. The van der Waals surface area contributed by atoms with Crippen LogP contribution in [-0.2, 0) is 23.4 Å². The van der Waals surface area contributed by atoms with Crippen molar-refractivity contribution in [1.82, 2.24) is 14.6 Å². The van der Waals surface area contributed by atoms with Crippen LogP contribution in [0.3, 0.4) is 0 Å². The first-order valence-electron chi connectivity index (χ1n) is 10.9. The van der Waals surface area contributed by atoms with Gasteiger partial charge in [-0.25, -0.2) is 9.36 Å². The molecule has 1 saturated heterocycles. The first kappa shape index (κ1) is 27.7. The number of nitrogens with two attached hydrogens (primary N) is 1. The molecule has 0 spiro atoms. The molecule has 1 fully saturated rings. The number of ether oxygens (including phenoxy) is 2. The lowest BCUT2D eigenvalue weighted by Gasteiger charge is -2.25. The van der Waals surface area contributed by atoms with Crippen molar-refractivity contribution in [3.63, 3.8) is 0 Å². The molecule has 3 rings (SSSR count). The summed E-state index contributed by atoms with van der Waals surface area (Å²) in [6.07, 6.45) is -5.91. The summed E-state index contributed by atoms with van der Waals surface area (Å²) in [4.78, 5) is 27.6. The summed E-state index contributed by atoms with van der Waals surface area (Å²) in [6.45, 7) is 3.74. The second-order valence-corrected chi connectivity index (χ2v) is 9.92. The van der Waals surface area contributed by atoms with Crippen molar-refractivity contribution in [1.29, 1.82) is 0 Å². The number of rotatable bonds is 10.